The van der Waals surface area contributed by atoms with Crippen LogP contribution in [0, 0.1) is 5.41 Å². The molecule has 2 atom stereocenters. The van der Waals surface area contributed by atoms with Crippen LogP contribution in [-0.4, -0.2) is 11.8 Å². The first-order valence-corrected chi connectivity index (χ1v) is 5.91. The second kappa shape index (κ2) is 3.48. The van der Waals surface area contributed by atoms with E-state index >= 15 is 0 Å². The number of nitrogens with two attached hydrogens (primary N) is 1. The van der Waals surface area contributed by atoms with E-state index in [2.05, 4.69) is 0 Å². The summed E-state index contributed by atoms with van der Waals surface area (Å²) >= 11 is 1.56. The molecule has 1 heterocycles. The van der Waals surface area contributed by atoms with Gasteiger partial charge < -0.3 is 5.73 Å². The van der Waals surface area contributed by atoms with Crippen molar-refractivity contribution in [1.82, 2.24) is 0 Å². The molecule has 3 heteroatoms. The quantitative estimate of drug-likeness (QED) is 0.760. The SMILES string of the molecule is CC1(C(=O)c2ccsc2)CCCC1N. The van der Waals surface area contributed by atoms with Crippen molar-refractivity contribution in [2.24, 2.45) is 11.1 Å². The molecule has 0 saturated heterocycles. The van der Waals surface area contributed by atoms with Gasteiger partial charge in [0.1, 0.15) is 0 Å². The van der Waals surface area contributed by atoms with Crippen LogP contribution in [0.2, 0.25) is 0 Å². The van der Waals surface area contributed by atoms with E-state index in [9.17, 15) is 4.79 Å². The predicted molar refractivity (Wildman–Crippen MR) is 58.6 cm³/mol. The number of carbonyl (C=O) groups is 1. The lowest BCUT2D eigenvalue weighted by Gasteiger charge is -2.26. The fraction of sp³-hybridized carbons (Fsp3) is 0.545. The average Bonchev–Trinajstić information content (AvgIpc) is 2.77. The van der Waals surface area contributed by atoms with Gasteiger partial charge in [0.15, 0.2) is 5.78 Å². The number of hydrogen-bond donors (Lipinski definition) is 1. The number of rotatable bonds is 2. The predicted octanol–water partition coefficient (Wildman–Crippen LogP) is 2.45. The molecule has 0 aliphatic heterocycles. The maximum atomic E-state index is 12.2. The fourth-order valence-electron chi connectivity index (χ4n) is 2.20. The van der Waals surface area contributed by atoms with E-state index in [0.29, 0.717) is 0 Å². The van der Waals surface area contributed by atoms with Crippen LogP contribution in [0.25, 0.3) is 0 Å². The lowest BCUT2D eigenvalue weighted by molar-refractivity contribution is 0.0803. The van der Waals surface area contributed by atoms with Crippen molar-refractivity contribution in [3.63, 3.8) is 0 Å². The minimum absolute atomic E-state index is 0.0369. The third-order valence-electron chi connectivity index (χ3n) is 3.33. The van der Waals surface area contributed by atoms with Gasteiger partial charge in [-0.2, -0.15) is 11.3 Å². The third-order valence-corrected chi connectivity index (χ3v) is 4.01. The van der Waals surface area contributed by atoms with Crippen molar-refractivity contribution in [3.8, 4) is 0 Å². The Morgan fingerprint density at radius 1 is 1.71 bits per heavy atom. The number of thiophene rings is 1. The van der Waals surface area contributed by atoms with Crippen LogP contribution in [0.4, 0.5) is 0 Å². The summed E-state index contributed by atoms with van der Waals surface area (Å²) in [6, 6.07) is 1.93. The molecule has 2 N–H and O–H groups in total. The summed E-state index contributed by atoms with van der Waals surface area (Å²) in [4.78, 5) is 12.2. The number of ketones is 1. The van der Waals surface area contributed by atoms with Crippen molar-refractivity contribution in [2.45, 2.75) is 32.2 Å². The Kier molecular flexibility index (Phi) is 2.45. The van der Waals surface area contributed by atoms with E-state index < -0.39 is 0 Å². The first kappa shape index (κ1) is 9.87. The van der Waals surface area contributed by atoms with Crippen molar-refractivity contribution >= 4 is 17.1 Å². The van der Waals surface area contributed by atoms with Crippen LogP contribution in [0.5, 0.6) is 0 Å². The Labute approximate surface area is 88.1 Å². The van der Waals surface area contributed by atoms with Crippen molar-refractivity contribution in [2.75, 3.05) is 0 Å². The van der Waals surface area contributed by atoms with E-state index in [-0.39, 0.29) is 17.2 Å². The van der Waals surface area contributed by atoms with Crippen molar-refractivity contribution < 1.29 is 4.79 Å². The van der Waals surface area contributed by atoms with Crippen molar-refractivity contribution in [3.05, 3.63) is 22.4 Å². The smallest absolute Gasteiger partial charge is 0.171 e. The lowest BCUT2D eigenvalue weighted by atomic mass is 9.78. The topological polar surface area (TPSA) is 43.1 Å². The zero-order valence-electron chi connectivity index (χ0n) is 8.32. The molecule has 2 rings (SSSR count). The van der Waals surface area contributed by atoms with Crippen LogP contribution in [0.3, 0.4) is 0 Å². The summed E-state index contributed by atoms with van der Waals surface area (Å²) in [5.74, 6) is 0.226. The minimum Gasteiger partial charge on any atom is -0.327 e. The molecule has 1 fully saturated rings. The van der Waals surface area contributed by atoms with Gasteiger partial charge in [-0.25, -0.2) is 0 Å². The number of carbonyl (C=O) groups excluding carboxylic acids is 1. The molecule has 0 aromatic carbocycles. The van der Waals surface area contributed by atoms with Gasteiger partial charge in [0, 0.05) is 22.4 Å². The van der Waals surface area contributed by atoms with Gasteiger partial charge >= 0.3 is 0 Å². The van der Waals surface area contributed by atoms with E-state index in [1.807, 2.05) is 23.8 Å². The zero-order chi connectivity index (χ0) is 10.2. The standard InChI is InChI=1S/C11H15NOS/c1-11(5-2-3-9(11)12)10(13)8-4-6-14-7-8/h4,6-7,9H,2-3,5,12H2,1H3. The highest BCUT2D eigenvalue weighted by Crippen LogP contribution is 2.39. The number of hydrogen-bond acceptors (Lipinski definition) is 3. The summed E-state index contributed by atoms with van der Waals surface area (Å²) in [6.45, 7) is 2.00. The lowest BCUT2D eigenvalue weighted by Crippen LogP contribution is -2.40. The van der Waals surface area contributed by atoms with Gasteiger partial charge in [-0.15, -0.1) is 0 Å². The Hall–Kier alpha value is -0.670. The highest BCUT2D eigenvalue weighted by atomic mass is 32.1. The van der Waals surface area contributed by atoms with Crippen LogP contribution in [0.15, 0.2) is 16.8 Å². The minimum atomic E-state index is -0.318. The molecule has 1 saturated carbocycles. The molecule has 1 aromatic heterocycles. The fourth-order valence-corrected chi connectivity index (χ4v) is 2.83. The Balaban J connectivity index is 2.27. The zero-order valence-corrected chi connectivity index (χ0v) is 9.14. The van der Waals surface area contributed by atoms with Gasteiger partial charge in [0.05, 0.1) is 0 Å². The van der Waals surface area contributed by atoms with Crippen LogP contribution >= 0.6 is 11.3 Å². The second-order valence-electron chi connectivity index (χ2n) is 4.26. The van der Waals surface area contributed by atoms with Crippen molar-refractivity contribution in [1.29, 1.82) is 0 Å². The van der Waals surface area contributed by atoms with Crippen LogP contribution < -0.4 is 5.73 Å². The first-order valence-electron chi connectivity index (χ1n) is 4.97. The van der Waals surface area contributed by atoms with E-state index in [1.54, 1.807) is 11.3 Å². The molecule has 1 aliphatic carbocycles. The second-order valence-corrected chi connectivity index (χ2v) is 5.04. The molecule has 0 radical (unpaired) electrons. The molecule has 76 valence electrons. The van der Waals surface area contributed by atoms with E-state index in [0.717, 1.165) is 24.8 Å². The molecule has 0 amide bonds. The average molecular weight is 209 g/mol. The first-order chi connectivity index (χ1) is 6.64. The van der Waals surface area contributed by atoms with Gasteiger partial charge in [-0.05, 0) is 24.3 Å². The summed E-state index contributed by atoms with van der Waals surface area (Å²) in [7, 11) is 0. The summed E-state index contributed by atoms with van der Waals surface area (Å²) in [6.07, 6.45) is 2.99. The highest BCUT2D eigenvalue weighted by molar-refractivity contribution is 7.08. The van der Waals surface area contributed by atoms with Gasteiger partial charge in [-0.1, -0.05) is 13.3 Å². The molecular formula is C11H15NOS. The Morgan fingerprint density at radius 3 is 3.00 bits per heavy atom. The molecular weight excluding hydrogens is 194 g/mol. The van der Waals surface area contributed by atoms with E-state index in [1.165, 1.54) is 0 Å². The van der Waals surface area contributed by atoms with Gasteiger partial charge in [0.25, 0.3) is 0 Å². The molecule has 0 spiro atoms. The van der Waals surface area contributed by atoms with Gasteiger partial charge in [0.2, 0.25) is 0 Å². The molecule has 2 unspecified atom stereocenters. The summed E-state index contributed by atoms with van der Waals surface area (Å²) in [5.41, 5.74) is 6.51. The summed E-state index contributed by atoms with van der Waals surface area (Å²) < 4.78 is 0. The van der Waals surface area contributed by atoms with E-state index in [4.69, 9.17) is 5.73 Å². The molecule has 0 bridgehead atoms. The highest BCUT2D eigenvalue weighted by Gasteiger charge is 2.43. The molecule has 14 heavy (non-hydrogen) atoms. The maximum Gasteiger partial charge on any atom is 0.171 e. The molecule has 1 aliphatic rings. The van der Waals surface area contributed by atoms with Crippen LogP contribution in [0.1, 0.15) is 36.5 Å². The Morgan fingerprint density at radius 2 is 2.50 bits per heavy atom. The number of Topliss-reactive ketones (excluding diaryl/α,β-unsaturated/α-hetero) is 1. The maximum absolute atomic E-state index is 12.2. The summed E-state index contributed by atoms with van der Waals surface area (Å²) in [5, 5.41) is 3.86. The monoisotopic (exact) mass is 209 g/mol. The Bertz CT molecular complexity index is 333. The third kappa shape index (κ3) is 1.41. The molecule has 2 nitrogen and oxygen atoms in total. The van der Waals surface area contributed by atoms with Gasteiger partial charge in [-0.3, -0.25) is 4.79 Å². The molecule has 1 aromatic rings. The normalized spacial score (nSPS) is 32.0. The van der Waals surface area contributed by atoms with Crippen LogP contribution in [-0.2, 0) is 0 Å². The largest absolute Gasteiger partial charge is 0.327 e.